The predicted octanol–water partition coefficient (Wildman–Crippen LogP) is 3.05. The zero-order valence-electron chi connectivity index (χ0n) is 11.0. The molecule has 3 aromatic heterocycles. The summed E-state index contributed by atoms with van der Waals surface area (Å²) in [5, 5.41) is 1.68. The molecule has 1 aromatic carbocycles. The van der Waals surface area contributed by atoms with E-state index in [4.69, 9.17) is 0 Å². The second kappa shape index (κ2) is 4.89. The van der Waals surface area contributed by atoms with Crippen molar-refractivity contribution in [3.63, 3.8) is 0 Å². The maximum atomic E-state index is 12.7. The summed E-state index contributed by atoms with van der Waals surface area (Å²) in [5.41, 5.74) is 0.209. The van der Waals surface area contributed by atoms with E-state index in [1.54, 1.807) is 12.3 Å². The van der Waals surface area contributed by atoms with Gasteiger partial charge < -0.3 is 4.98 Å². The third-order valence-electron chi connectivity index (χ3n) is 3.43. The van der Waals surface area contributed by atoms with Crippen molar-refractivity contribution < 1.29 is 0 Å². The van der Waals surface area contributed by atoms with E-state index in [9.17, 15) is 9.59 Å². The standard InChI is InChI=1S/C15H8BrN3O2S/c16-12-5-10-13(22-12)14(20)19(15(21)18-10)11-7-17-6-8-3-1-2-4-9(8)11/h1-7H,(H,18,21). The Labute approximate surface area is 136 Å². The minimum atomic E-state index is -0.471. The quantitative estimate of drug-likeness (QED) is 0.557. The van der Waals surface area contributed by atoms with Crippen LogP contribution in [0.2, 0.25) is 0 Å². The minimum Gasteiger partial charge on any atom is -0.305 e. The number of H-pyrrole nitrogens is 1. The summed E-state index contributed by atoms with van der Waals surface area (Å²) in [6, 6.07) is 9.25. The molecule has 0 saturated carbocycles. The number of nitrogens with one attached hydrogen (secondary N) is 1. The van der Waals surface area contributed by atoms with Crippen LogP contribution < -0.4 is 11.2 Å². The van der Waals surface area contributed by atoms with Crippen LogP contribution in [0.4, 0.5) is 0 Å². The highest BCUT2D eigenvalue weighted by molar-refractivity contribution is 9.11. The Kier molecular flexibility index (Phi) is 2.98. The Morgan fingerprint density at radius 3 is 2.86 bits per heavy atom. The lowest BCUT2D eigenvalue weighted by Crippen LogP contribution is -2.33. The van der Waals surface area contributed by atoms with E-state index in [1.165, 1.54) is 17.5 Å². The molecule has 0 fully saturated rings. The third-order valence-corrected chi connectivity index (χ3v) is 5.06. The van der Waals surface area contributed by atoms with E-state index in [0.29, 0.717) is 15.9 Å². The molecule has 0 bridgehead atoms. The molecule has 108 valence electrons. The Balaban J connectivity index is 2.17. The summed E-state index contributed by atoms with van der Waals surface area (Å²) in [7, 11) is 0. The zero-order valence-corrected chi connectivity index (χ0v) is 13.4. The van der Waals surface area contributed by atoms with E-state index in [-0.39, 0.29) is 5.56 Å². The van der Waals surface area contributed by atoms with Crippen LogP contribution in [0.3, 0.4) is 0 Å². The molecule has 0 aliphatic carbocycles. The van der Waals surface area contributed by atoms with E-state index < -0.39 is 5.69 Å². The lowest BCUT2D eigenvalue weighted by Gasteiger charge is -2.07. The van der Waals surface area contributed by atoms with Crippen LogP contribution in [0.15, 0.2) is 56.1 Å². The van der Waals surface area contributed by atoms with Crippen molar-refractivity contribution in [2.24, 2.45) is 0 Å². The summed E-state index contributed by atoms with van der Waals surface area (Å²) in [6.45, 7) is 0. The number of hydrogen-bond acceptors (Lipinski definition) is 4. The van der Waals surface area contributed by atoms with Crippen LogP contribution in [-0.4, -0.2) is 14.5 Å². The fraction of sp³-hybridized carbons (Fsp3) is 0. The first-order chi connectivity index (χ1) is 10.6. The number of rotatable bonds is 1. The molecule has 7 heteroatoms. The summed E-state index contributed by atoms with van der Waals surface area (Å²) in [5.74, 6) is 0. The average molecular weight is 374 g/mol. The molecule has 0 amide bonds. The first kappa shape index (κ1) is 13.4. The van der Waals surface area contributed by atoms with Crippen LogP contribution >= 0.6 is 27.3 Å². The Morgan fingerprint density at radius 2 is 2.00 bits per heavy atom. The fourth-order valence-corrected chi connectivity index (χ4v) is 3.96. The van der Waals surface area contributed by atoms with Gasteiger partial charge in [0.1, 0.15) is 4.70 Å². The first-order valence-electron chi connectivity index (χ1n) is 6.42. The minimum absolute atomic E-state index is 0.340. The maximum absolute atomic E-state index is 12.7. The third kappa shape index (κ3) is 1.93. The summed E-state index contributed by atoms with van der Waals surface area (Å²) in [4.78, 5) is 32.0. The van der Waals surface area contributed by atoms with Gasteiger partial charge in [-0.1, -0.05) is 24.3 Å². The van der Waals surface area contributed by atoms with Crippen molar-refractivity contribution in [3.8, 4) is 5.69 Å². The van der Waals surface area contributed by atoms with E-state index in [0.717, 1.165) is 19.1 Å². The number of benzene rings is 1. The molecule has 5 nitrogen and oxygen atoms in total. The SMILES string of the molecule is O=c1[nH]c2cc(Br)sc2c(=O)n1-c1cncc2ccccc12. The van der Waals surface area contributed by atoms with Crippen LogP contribution in [0.1, 0.15) is 0 Å². The smallest absolute Gasteiger partial charge is 0.305 e. The van der Waals surface area contributed by atoms with Gasteiger partial charge in [0.25, 0.3) is 5.56 Å². The van der Waals surface area contributed by atoms with Gasteiger partial charge in [-0.25, -0.2) is 9.36 Å². The molecule has 0 aliphatic rings. The molecule has 0 radical (unpaired) electrons. The van der Waals surface area contributed by atoms with Gasteiger partial charge in [-0.2, -0.15) is 0 Å². The Morgan fingerprint density at radius 1 is 1.18 bits per heavy atom. The second-order valence-corrected chi connectivity index (χ2v) is 7.18. The highest BCUT2D eigenvalue weighted by Gasteiger charge is 2.14. The van der Waals surface area contributed by atoms with E-state index >= 15 is 0 Å². The topological polar surface area (TPSA) is 67.8 Å². The number of halogens is 1. The summed E-state index contributed by atoms with van der Waals surface area (Å²) < 4.78 is 2.43. The summed E-state index contributed by atoms with van der Waals surface area (Å²) in [6.07, 6.45) is 3.24. The molecule has 3 heterocycles. The molecule has 0 atom stereocenters. The van der Waals surface area contributed by atoms with Crippen LogP contribution in [0.25, 0.3) is 26.7 Å². The number of fused-ring (bicyclic) bond motifs is 2. The molecule has 1 N–H and O–H groups in total. The highest BCUT2D eigenvalue weighted by atomic mass is 79.9. The van der Waals surface area contributed by atoms with Gasteiger partial charge in [-0.15, -0.1) is 11.3 Å². The lowest BCUT2D eigenvalue weighted by atomic mass is 10.1. The van der Waals surface area contributed by atoms with Gasteiger partial charge in [0.05, 0.1) is 21.2 Å². The van der Waals surface area contributed by atoms with Crippen molar-refractivity contribution in [1.29, 1.82) is 0 Å². The number of hydrogen-bond donors (Lipinski definition) is 1. The monoisotopic (exact) mass is 373 g/mol. The van der Waals surface area contributed by atoms with E-state index in [1.807, 2.05) is 24.3 Å². The van der Waals surface area contributed by atoms with Gasteiger partial charge >= 0.3 is 5.69 Å². The molecule has 22 heavy (non-hydrogen) atoms. The fourth-order valence-electron chi connectivity index (χ4n) is 2.48. The number of thiophene rings is 1. The van der Waals surface area contributed by atoms with Gasteiger partial charge in [0.15, 0.2) is 0 Å². The van der Waals surface area contributed by atoms with E-state index in [2.05, 4.69) is 25.9 Å². The summed E-state index contributed by atoms with van der Waals surface area (Å²) >= 11 is 4.63. The van der Waals surface area contributed by atoms with Gasteiger partial charge in [0.2, 0.25) is 0 Å². The van der Waals surface area contributed by atoms with Crippen LogP contribution in [0.5, 0.6) is 0 Å². The van der Waals surface area contributed by atoms with Crippen molar-refractivity contribution in [2.75, 3.05) is 0 Å². The first-order valence-corrected chi connectivity index (χ1v) is 8.03. The van der Waals surface area contributed by atoms with Gasteiger partial charge in [0, 0.05) is 17.0 Å². The molecule has 0 aliphatic heterocycles. The van der Waals surface area contributed by atoms with Crippen molar-refractivity contribution >= 4 is 48.3 Å². The molecule has 4 rings (SSSR count). The van der Waals surface area contributed by atoms with Crippen molar-refractivity contribution in [1.82, 2.24) is 14.5 Å². The Bertz CT molecular complexity index is 1140. The van der Waals surface area contributed by atoms with Crippen LogP contribution in [0, 0.1) is 0 Å². The second-order valence-electron chi connectivity index (χ2n) is 4.74. The lowest BCUT2D eigenvalue weighted by molar-refractivity contribution is 0.905. The highest BCUT2D eigenvalue weighted by Crippen LogP contribution is 2.26. The number of pyridine rings is 1. The van der Waals surface area contributed by atoms with Crippen molar-refractivity contribution in [3.05, 3.63) is 67.4 Å². The van der Waals surface area contributed by atoms with Crippen molar-refractivity contribution in [2.45, 2.75) is 0 Å². The van der Waals surface area contributed by atoms with Crippen LogP contribution in [-0.2, 0) is 0 Å². The normalized spacial score (nSPS) is 11.3. The molecule has 4 aromatic rings. The molecule has 0 saturated heterocycles. The number of aromatic nitrogens is 3. The molecular formula is C15H8BrN3O2S. The molecule has 0 unspecified atom stereocenters. The number of nitrogens with zero attached hydrogens (tertiary/aromatic N) is 2. The zero-order chi connectivity index (χ0) is 15.3. The predicted molar refractivity (Wildman–Crippen MR) is 91.0 cm³/mol. The Hall–Kier alpha value is -2.25. The molecule has 0 spiro atoms. The average Bonchev–Trinajstić information content (AvgIpc) is 2.88. The van der Waals surface area contributed by atoms with Gasteiger partial charge in [-0.3, -0.25) is 9.78 Å². The molecular weight excluding hydrogens is 366 g/mol. The van der Waals surface area contributed by atoms with Gasteiger partial charge in [-0.05, 0) is 22.0 Å². The largest absolute Gasteiger partial charge is 0.333 e. The maximum Gasteiger partial charge on any atom is 0.333 e. The number of aromatic amines is 1.